The summed E-state index contributed by atoms with van der Waals surface area (Å²) in [5.74, 6) is 2.17. The maximum Gasteiger partial charge on any atom is 0.191 e. The van der Waals surface area contributed by atoms with E-state index in [-0.39, 0.29) is 6.61 Å². The lowest BCUT2D eigenvalue weighted by Crippen LogP contribution is -2.40. The summed E-state index contributed by atoms with van der Waals surface area (Å²) in [6.45, 7) is 10.0. The van der Waals surface area contributed by atoms with Crippen molar-refractivity contribution in [2.45, 2.75) is 58.5 Å². The fourth-order valence-corrected chi connectivity index (χ4v) is 4.04. The molecule has 0 saturated carbocycles. The number of hydrogen-bond acceptors (Lipinski definition) is 5. The second-order valence-electron chi connectivity index (χ2n) is 8.56. The Hall–Kier alpha value is -1.83. The van der Waals surface area contributed by atoms with Gasteiger partial charge in [0, 0.05) is 45.5 Å². The molecule has 1 heterocycles. The van der Waals surface area contributed by atoms with Gasteiger partial charge < -0.3 is 25.2 Å². The van der Waals surface area contributed by atoms with Crippen molar-refractivity contribution >= 4 is 5.96 Å². The van der Waals surface area contributed by atoms with Crippen LogP contribution in [-0.2, 0) is 11.3 Å². The first-order valence-electron chi connectivity index (χ1n) is 12.3. The minimum atomic E-state index is 0.234. The largest absolute Gasteiger partial charge is 0.492 e. The molecule has 1 unspecified atom stereocenters. The molecule has 1 aliphatic heterocycles. The number of nitrogens with one attached hydrogen (secondary N) is 2. The maximum atomic E-state index is 9.27. The Morgan fingerprint density at radius 3 is 2.78 bits per heavy atom. The third-order valence-corrected chi connectivity index (χ3v) is 5.98. The quantitative estimate of drug-likeness (QED) is 0.300. The molecule has 0 amide bonds. The molecule has 0 radical (unpaired) electrons. The fraction of sp³-hybridized carbons (Fsp3) is 0.720. The zero-order valence-electron chi connectivity index (χ0n) is 20.3. The molecule has 0 aromatic heterocycles. The molecule has 7 heteroatoms. The van der Waals surface area contributed by atoms with E-state index >= 15 is 0 Å². The monoisotopic (exact) mass is 448 g/mol. The van der Waals surface area contributed by atoms with Gasteiger partial charge in [0.1, 0.15) is 12.4 Å². The number of aliphatic imine (C=N–C) groups is 1. The van der Waals surface area contributed by atoms with Crippen LogP contribution in [0.3, 0.4) is 0 Å². The van der Waals surface area contributed by atoms with Gasteiger partial charge in [-0.15, -0.1) is 0 Å². The number of rotatable bonds is 14. The highest BCUT2D eigenvalue weighted by molar-refractivity contribution is 5.79. The Labute approximate surface area is 194 Å². The predicted molar refractivity (Wildman–Crippen MR) is 131 cm³/mol. The summed E-state index contributed by atoms with van der Waals surface area (Å²) < 4.78 is 11.5. The zero-order valence-corrected chi connectivity index (χ0v) is 20.3. The number of nitrogens with zero attached hydrogens (tertiary/aromatic N) is 2. The van der Waals surface area contributed by atoms with Crippen LogP contribution in [0.4, 0.5) is 0 Å². The van der Waals surface area contributed by atoms with Gasteiger partial charge in [-0.1, -0.05) is 25.5 Å². The molecule has 3 N–H and O–H groups in total. The molecular weight excluding hydrogens is 404 g/mol. The van der Waals surface area contributed by atoms with Crippen molar-refractivity contribution in [1.29, 1.82) is 0 Å². The Morgan fingerprint density at radius 2 is 2.06 bits per heavy atom. The van der Waals surface area contributed by atoms with E-state index < -0.39 is 0 Å². The number of aliphatic hydroxyl groups excluding tert-OH is 1. The van der Waals surface area contributed by atoms with Crippen LogP contribution in [0.5, 0.6) is 5.75 Å². The summed E-state index contributed by atoms with van der Waals surface area (Å²) in [7, 11) is 2.17. The minimum Gasteiger partial charge on any atom is -0.492 e. The first kappa shape index (κ1) is 26.4. The Morgan fingerprint density at radius 1 is 1.25 bits per heavy atom. The zero-order chi connectivity index (χ0) is 23.0. The molecule has 1 atom stereocenters. The maximum absolute atomic E-state index is 9.27. The molecule has 1 saturated heterocycles. The average molecular weight is 449 g/mol. The second kappa shape index (κ2) is 15.9. The lowest BCUT2D eigenvalue weighted by Gasteiger charge is -2.31. The van der Waals surface area contributed by atoms with Crippen molar-refractivity contribution in [2.75, 3.05) is 53.1 Å². The van der Waals surface area contributed by atoms with Crippen LogP contribution >= 0.6 is 0 Å². The molecule has 0 spiro atoms. The highest BCUT2D eigenvalue weighted by Crippen LogP contribution is 2.16. The minimum absolute atomic E-state index is 0.234. The fourth-order valence-electron chi connectivity index (χ4n) is 4.04. The highest BCUT2D eigenvalue weighted by atomic mass is 16.5. The lowest BCUT2D eigenvalue weighted by molar-refractivity contribution is 0.0392. The SMILES string of the molecule is CCCC(CCO)CNC(=NCc1cccc(OCCN(C)C2CCOCC2)c1)NCC. The van der Waals surface area contributed by atoms with E-state index in [4.69, 9.17) is 14.5 Å². The van der Waals surface area contributed by atoms with E-state index in [9.17, 15) is 5.11 Å². The summed E-state index contributed by atoms with van der Waals surface area (Å²) >= 11 is 0. The molecule has 0 bridgehead atoms. The number of ether oxygens (including phenoxy) is 2. The van der Waals surface area contributed by atoms with E-state index in [1.807, 2.05) is 12.1 Å². The Balaban J connectivity index is 1.82. The topological polar surface area (TPSA) is 78.3 Å². The Bertz CT molecular complexity index is 644. The molecule has 1 aliphatic rings. The van der Waals surface area contributed by atoms with Crippen molar-refractivity contribution < 1.29 is 14.6 Å². The molecule has 2 rings (SSSR count). The number of guanidine groups is 1. The molecule has 1 aromatic carbocycles. The molecule has 1 fully saturated rings. The predicted octanol–water partition coefficient (Wildman–Crippen LogP) is 3.03. The van der Waals surface area contributed by atoms with Crippen LogP contribution in [0.25, 0.3) is 0 Å². The number of likely N-dealkylation sites (N-methyl/N-ethyl adjacent to an activating group) is 1. The van der Waals surface area contributed by atoms with E-state index in [0.29, 0.717) is 25.1 Å². The molecule has 32 heavy (non-hydrogen) atoms. The normalized spacial score (nSPS) is 16.2. The molecular formula is C25H44N4O3. The summed E-state index contributed by atoms with van der Waals surface area (Å²) in [6.07, 6.45) is 5.26. The smallest absolute Gasteiger partial charge is 0.191 e. The van der Waals surface area contributed by atoms with Crippen molar-refractivity contribution in [3.63, 3.8) is 0 Å². The van der Waals surface area contributed by atoms with Crippen LogP contribution in [0, 0.1) is 5.92 Å². The molecule has 182 valence electrons. The Kier molecular flexibility index (Phi) is 13.1. The summed E-state index contributed by atoms with van der Waals surface area (Å²) in [6, 6.07) is 8.79. The van der Waals surface area contributed by atoms with Crippen LogP contribution in [-0.4, -0.2) is 75.1 Å². The van der Waals surface area contributed by atoms with Gasteiger partial charge in [-0.3, -0.25) is 4.90 Å². The van der Waals surface area contributed by atoms with Crippen LogP contribution in [0.2, 0.25) is 0 Å². The third kappa shape index (κ3) is 10.2. The van der Waals surface area contributed by atoms with E-state index in [1.165, 1.54) is 0 Å². The van der Waals surface area contributed by atoms with Gasteiger partial charge in [0.15, 0.2) is 5.96 Å². The van der Waals surface area contributed by atoms with Crippen LogP contribution in [0.1, 0.15) is 51.5 Å². The summed E-state index contributed by atoms with van der Waals surface area (Å²) in [4.78, 5) is 7.13. The first-order valence-corrected chi connectivity index (χ1v) is 12.3. The van der Waals surface area contributed by atoms with Crippen molar-refractivity contribution in [3.05, 3.63) is 29.8 Å². The van der Waals surface area contributed by atoms with Gasteiger partial charge in [-0.2, -0.15) is 0 Å². The van der Waals surface area contributed by atoms with Crippen molar-refractivity contribution in [3.8, 4) is 5.75 Å². The van der Waals surface area contributed by atoms with Gasteiger partial charge in [0.2, 0.25) is 0 Å². The number of benzene rings is 1. The lowest BCUT2D eigenvalue weighted by atomic mass is 10.0. The van der Waals surface area contributed by atoms with Gasteiger partial charge in [-0.05, 0) is 63.3 Å². The second-order valence-corrected chi connectivity index (χ2v) is 8.56. The van der Waals surface area contributed by atoms with Gasteiger partial charge in [0.25, 0.3) is 0 Å². The van der Waals surface area contributed by atoms with Crippen molar-refractivity contribution in [1.82, 2.24) is 15.5 Å². The van der Waals surface area contributed by atoms with Gasteiger partial charge >= 0.3 is 0 Å². The highest BCUT2D eigenvalue weighted by Gasteiger charge is 2.18. The van der Waals surface area contributed by atoms with E-state index in [2.05, 4.69) is 48.6 Å². The van der Waals surface area contributed by atoms with Crippen LogP contribution in [0.15, 0.2) is 29.3 Å². The molecule has 1 aromatic rings. The number of aliphatic hydroxyl groups is 1. The van der Waals surface area contributed by atoms with E-state index in [1.54, 1.807) is 0 Å². The molecule has 7 nitrogen and oxygen atoms in total. The number of hydrogen-bond donors (Lipinski definition) is 3. The van der Waals surface area contributed by atoms with Crippen LogP contribution < -0.4 is 15.4 Å². The summed E-state index contributed by atoms with van der Waals surface area (Å²) in [5, 5.41) is 16.0. The average Bonchev–Trinajstić information content (AvgIpc) is 2.82. The van der Waals surface area contributed by atoms with Gasteiger partial charge in [0.05, 0.1) is 6.54 Å². The first-order chi connectivity index (χ1) is 15.7. The standard InChI is InChI=1S/C25H44N4O3/c1-4-7-21(10-14-30)19-27-25(26-5-2)28-20-22-8-6-9-24(18-22)32-17-13-29(3)23-11-15-31-16-12-23/h6,8-9,18,21,23,30H,4-5,7,10-17,19-20H2,1-3H3,(H2,26,27,28). The third-order valence-electron chi connectivity index (χ3n) is 5.98. The van der Waals surface area contributed by atoms with Crippen molar-refractivity contribution in [2.24, 2.45) is 10.9 Å². The van der Waals surface area contributed by atoms with Gasteiger partial charge in [-0.25, -0.2) is 4.99 Å². The van der Waals surface area contributed by atoms with E-state index in [0.717, 1.165) is 82.2 Å². The molecule has 0 aliphatic carbocycles. The summed E-state index contributed by atoms with van der Waals surface area (Å²) in [5.41, 5.74) is 1.12.